The van der Waals surface area contributed by atoms with Gasteiger partial charge in [0.05, 0.1) is 8.91 Å². The van der Waals surface area contributed by atoms with Crippen molar-refractivity contribution in [2.24, 2.45) is 0 Å². The van der Waals surface area contributed by atoms with Crippen molar-refractivity contribution >= 4 is 39.8 Å². The van der Waals surface area contributed by atoms with Crippen LogP contribution in [-0.2, 0) is 0 Å². The van der Waals surface area contributed by atoms with Crippen molar-refractivity contribution in [2.75, 3.05) is 6.54 Å². The molecule has 1 radical (unpaired) electrons. The van der Waals surface area contributed by atoms with Gasteiger partial charge in [0.15, 0.2) is 0 Å². The van der Waals surface area contributed by atoms with Gasteiger partial charge in [-0.3, -0.25) is 0 Å². The van der Waals surface area contributed by atoms with Gasteiger partial charge in [0.25, 0.3) is 0 Å². The smallest absolute Gasteiger partial charge is 0.0883 e. The topological polar surface area (TPSA) is 12.0 Å². The third kappa shape index (κ3) is 3.60. The van der Waals surface area contributed by atoms with Crippen LogP contribution in [0.5, 0.6) is 0 Å². The Morgan fingerprint density at radius 1 is 2.00 bits per heavy atom. The van der Waals surface area contributed by atoms with Crippen LogP contribution in [0.1, 0.15) is 6.92 Å². The van der Waals surface area contributed by atoms with Crippen LogP contribution in [0, 0.1) is 6.92 Å². The molecular weight excluding hydrogens is 233 g/mol. The van der Waals surface area contributed by atoms with E-state index in [1.165, 1.54) is 0 Å². The fraction of sp³-hybridized carbons (Fsp3) is 0.600. The molecule has 1 N–H and O–H groups in total. The Morgan fingerprint density at radius 3 is 2.62 bits per heavy atom. The molecule has 8 heavy (non-hydrogen) atoms. The Bertz CT molecular complexity index is 82.5. The van der Waals surface area contributed by atoms with Crippen LogP contribution in [0.4, 0.5) is 0 Å². The van der Waals surface area contributed by atoms with Gasteiger partial charge >= 0.3 is 0 Å². The molecule has 0 aliphatic rings. The maximum Gasteiger partial charge on any atom is 0.0883 e. The van der Waals surface area contributed by atoms with Crippen LogP contribution in [0.15, 0.2) is 0 Å². The summed E-state index contributed by atoms with van der Waals surface area (Å²) in [7, 11) is 0. The second kappa shape index (κ2) is 4.49. The van der Waals surface area contributed by atoms with Crippen molar-refractivity contribution in [3.63, 3.8) is 0 Å². The van der Waals surface area contributed by atoms with Crippen molar-refractivity contribution in [1.82, 2.24) is 5.32 Å². The van der Waals surface area contributed by atoms with Gasteiger partial charge in [-0.2, -0.15) is 0 Å². The molecule has 0 aliphatic heterocycles. The van der Waals surface area contributed by atoms with Crippen molar-refractivity contribution in [3.05, 3.63) is 6.92 Å². The Balaban J connectivity index is 3.33. The fourth-order valence-corrected chi connectivity index (χ4v) is 0.650. The van der Waals surface area contributed by atoms with Gasteiger partial charge < -0.3 is 5.32 Å². The van der Waals surface area contributed by atoms with Crippen molar-refractivity contribution in [2.45, 2.75) is 10.8 Å². The van der Waals surface area contributed by atoms with E-state index in [0.29, 0.717) is 0 Å². The van der Waals surface area contributed by atoms with E-state index in [9.17, 15) is 0 Å². The van der Waals surface area contributed by atoms with E-state index >= 15 is 0 Å². The highest BCUT2D eigenvalue weighted by Crippen LogP contribution is 1.97. The predicted octanol–water partition coefficient (Wildman–Crippen LogP) is 1.56. The molecule has 0 heterocycles. The van der Waals surface area contributed by atoms with E-state index in [4.69, 9.17) is 12.2 Å². The van der Waals surface area contributed by atoms with Gasteiger partial charge in [-0.25, -0.2) is 0 Å². The summed E-state index contributed by atoms with van der Waals surface area (Å²) in [4.78, 5) is 0.841. The van der Waals surface area contributed by atoms with E-state index in [-0.39, 0.29) is 3.92 Å². The molecule has 0 amide bonds. The molecule has 1 atom stereocenters. The summed E-state index contributed by atoms with van der Waals surface area (Å²) >= 11 is 7.07. The molecule has 3 heteroatoms. The molecule has 0 rings (SSSR count). The maximum absolute atomic E-state index is 4.90. The maximum atomic E-state index is 4.90. The minimum absolute atomic E-state index is 0.211. The van der Waals surface area contributed by atoms with Crippen LogP contribution in [0.25, 0.3) is 0 Å². The zero-order valence-corrected chi connectivity index (χ0v) is 7.75. The third-order valence-electron chi connectivity index (χ3n) is 0.636. The van der Waals surface area contributed by atoms with Gasteiger partial charge in [-0.05, 0) is 13.8 Å². The van der Waals surface area contributed by atoms with Gasteiger partial charge in [0, 0.05) is 6.54 Å². The number of nitrogens with one attached hydrogen (secondary N) is 1. The lowest BCUT2D eigenvalue weighted by atomic mass is 10.5. The Morgan fingerprint density at radius 2 is 2.50 bits per heavy atom. The zero-order valence-electron chi connectivity index (χ0n) is 4.78. The highest BCUT2D eigenvalue weighted by atomic mass is 127. The summed E-state index contributed by atoms with van der Waals surface area (Å²) in [6.45, 7) is 6.66. The summed E-state index contributed by atoms with van der Waals surface area (Å²) in [6.07, 6.45) is 0. The largest absolute Gasteiger partial charge is 0.379 e. The minimum Gasteiger partial charge on any atom is -0.379 e. The SMILES string of the molecule is [CH2]C(I)C(=S)NCC. The lowest BCUT2D eigenvalue weighted by Crippen LogP contribution is -2.26. The molecule has 0 bridgehead atoms. The first kappa shape index (κ1) is 8.62. The average Bonchev–Trinajstić information content (AvgIpc) is 1.67. The summed E-state index contributed by atoms with van der Waals surface area (Å²) in [5, 5.41) is 3.01. The van der Waals surface area contributed by atoms with Crippen LogP contribution in [-0.4, -0.2) is 15.5 Å². The van der Waals surface area contributed by atoms with Gasteiger partial charge in [0.2, 0.25) is 0 Å². The van der Waals surface area contributed by atoms with Crippen molar-refractivity contribution in [1.29, 1.82) is 0 Å². The highest BCUT2D eigenvalue weighted by molar-refractivity contribution is 14.1. The lowest BCUT2D eigenvalue weighted by molar-refractivity contribution is 0.972. The molecule has 0 saturated carbocycles. The fourth-order valence-electron chi connectivity index (χ4n) is 0.285. The third-order valence-corrected chi connectivity index (χ3v) is 2.11. The first-order valence-corrected chi connectivity index (χ1v) is 4.08. The highest BCUT2D eigenvalue weighted by Gasteiger charge is 1.99. The van der Waals surface area contributed by atoms with Gasteiger partial charge in [-0.15, -0.1) is 0 Å². The first-order chi connectivity index (χ1) is 3.68. The summed E-state index contributed by atoms with van der Waals surface area (Å²) in [6, 6.07) is 0. The van der Waals surface area contributed by atoms with E-state index in [1.54, 1.807) is 0 Å². The van der Waals surface area contributed by atoms with Gasteiger partial charge in [0.1, 0.15) is 0 Å². The second-order valence-electron chi connectivity index (χ2n) is 1.36. The van der Waals surface area contributed by atoms with E-state index in [0.717, 1.165) is 11.5 Å². The Hall–Kier alpha value is 0.620. The Labute approximate surface area is 69.4 Å². The molecule has 1 unspecified atom stereocenters. The molecule has 0 aromatic carbocycles. The normalized spacial score (nSPS) is 12.9. The number of hydrogen-bond donors (Lipinski definition) is 1. The summed E-state index contributed by atoms with van der Waals surface area (Å²) < 4.78 is 0.211. The minimum atomic E-state index is 0.211. The van der Waals surface area contributed by atoms with Crippen molar-refractivity contribution < 1.29 is 0 Å². The number of rotatable bonds is 2. The number of alkyl halides is 1. The quantitative estimate of drug-likeness (QED) is 0.448. The molecule has 0 fully saturated rings. The zero-order chi connectivity index (χ0) is 6.57. The Kier molecular flexibility index (Phi) is 4.84. The molecule has 1 nitrogen and oxygen atoms in total. The number of thiocarbonyl (C=S) groups is 1. The van der Waals surface area contributed by atoms with Crippen molar-refractivity contribution in [3.8, 4) is 0 Å². The second-order valence-corrected chi connectivity index (χ2v) is 3.31. The molecular formula is C5H9INS. The summed E-state index contributed by atoms with van der Waals surface area (Å²) in [5.74, 6) is 0. The molecule has 0 saturated heterocycles. The molecule has 0 spiro atoms. The van der Waals surface area contributed by atoms with E-state index < -0.39 is 0 Å². The molecule has 0 aliphatic carbocycles. The van der Waals surface area contributed by atoms with Crippen LogP contribution < -0.4 is 5.32 Å². The van der Waals surface area contributed by atoms with Gasteiger partial charge in [-0.1, -0.05) is 34.8 Å². The standard InChI is InChI=1S/C5H9INS/c1-3-7-5(8)4(2)6/h4H,2-3H2,1H3,(H,7,8). The van der Waals surface area contributed by atoms with Crippen LogP contribution in [0.2, 0.25) is 0 Å². The van der Waals surface area contributed by atoms with Crippen LogP contribution in [0.3, 0.4) is 0 Å². The molecule has 0 aromatic heterocycles. The first-order valence-electron chi connectivity index (χ1n) is 2.43. The predicted molar refractivity (Wildman–Crippen MR) is 49.4 cm³/mol. The number of hydrogen-bond acceptors (Lipinski definition) is 1. The van der Waals surface area contributed by atoms with E-state index in [2.05, 4.69) is 34.8 Å². The molecule has 0 aromatic rings. The lowest BCUT2D eigenvalue weighted by Gasteiger charge is -2.05. The average molecular weight is 242 g/mol. The summed E-state index contributed by atoms with van der Waals surface area (Å²) in [5.41, 5.74) is 0. The number of halogens is 1. The molecule has 47 valence electrons. The van der Waals surface area contributed by atoms with E-state index in [1.807, 2.05) is 6.92 Å². The monoisotopic (exact) mass is 242 g/mol. The van der Waals surface area contributed by atoms with Crippen LogP contribution >= 0.6 is 34.8 Å².